The van der Waals surface area contributed by atoms with E-state index in [1.54, 1.807) is 0 Å². The summed E-state index contributed by atoms with van der Waals surface area (Å²) in [5.41, 5.74) is 20.5. The molecule has 0 fully saturated rings. The van der Waals surface area contributed by atoms with Gasteiger partial charge in [0.05, 0.1) is 5.69 Å². The summed E-state index contributed by atoms with van der Waals surface area (Å²) < 4.78 is 7.04. The second-order valence-corrected chi connectivity index (χ2v) is 20.2. The van der Waals surface area contributed by atoms with Crippen LogP contribution in [0, 0.1) is 6.92 Å². The van der Waals surface area contributed by atoms with Crippen LogP contribution in [-0.4, -0.2) is 13.4 Å². The van der Waals surface area contributed by atoms with E-state index in [2.05, 4.69) is 241 Å². The Morgan fingerprint density at radius 1 is 0.382 bits per heavy atom. The van der Waals surface area contributed by atoms with E-state index >= 15 is 0 Å². The first-order chi connectivity index (χ1) is 33.6. The number of ether oxygens (including phenoxy) is 1. The van der Waals surface area contributed by atoms with E-state index in [4.69, 9.17) is 4.74 Å². The Bertz CT molecular complexity index is 3600. The zero-order valence-corrected chi connectivity index (χ0v) is 38.8. The molecule has 0 saturated heterocycles. The Kier molecular flexibility index (Phi) is 9.18. The average molecular weight is 903 g/mol. The van der Waals surface area contributed by atoms with Gasteiger partial charge in [-0.2, -0.15) is 0 Å². The summed E-state index contributed by atoms with van der Waals surface area (Å²) in [6.45, 7) is 2.16. The lowest BCUT2D eigenvalue weighted by Gasteiger charge is -2.42. The van der Waals surface area contributed by atoms with E-state index in [0.29, 0.717) is 0 Å². The Balaban J connectivity index is 1.04. The molecule has 0 N–H and O–H groups in total. The maximum Gasteiger partial charge on any atom is 0.256 e. The van der Waals surface area contributed by atoms with Crippen molar-refractivity contribution in [1.82, 2.24) is 0 Å². The molecule has 0 bridgehead atoms. The lowest BCUT2D eigenvalue weighted by atomic mass is 9.32. The third-order valence-electron chi connectivity index (χ3n) is 14.1. The first-order valence-electron chi connectivity index (χ1n) is 23.3. The van der Waals surface area contributed by atoms with Crippen molar-refractivity contribution in [2.75, 3.05) is 9.80 Å². The van der Waals surface area contributed by atoms with Gasteiger partial charge in [-0.1, -0.05) is 192 Å². The van der Waals surface area contributed by atoms with Crippen LogP contribution in [0.1, 0.15) is 5.56 Å². The molecule has 4 aliphatic rings. The molecule has 0 unspecified atom stereocenters. The molecule has 10 aromatic carbocycles. The molecule has 4 aliphatic heterocycles. The molecule has 0 radical (unpaired) electrons. The molecule has 7 heteroatoms. The minimum Gasteiger partial charge on any atom is -0.458 e. The van der Waals surface area contributed by atoms with Crippen LogP contribution >= 0.6 is 23.5 Å². The van der Waals surface area contributed by atoms with Gasteiger partial charge >= 0.3 is 0 Å². The van der Waals surface area contributed by atoms with Crippen molar-refractivity contribution in [3.8, 4) is 33.8 Å². The SMILES string of the molecule is Cc1ccc(-c2ccccc2N2c3cc4c(cc3B3c5ccccc5Oc5cc(-c6ccccc6)cc2c53)B2c3ccccc3Sc3cc(N(c5ccccc5)c5ccccc5)cc(c32)S4)cc1. The van der Waals surface area contributed by atoms with Crippen molar-refractivity contribution >= 4 is 104 Å². The highest BCUT2D eigenvalue weighted by Crippen LogP contribution is 2.49. The molecule has 0 amide bonds. The quantitative estimate of drug-likeness (QED) is 0.154. The zero-order valence-electron chi connectivity index (χ0n) is 37.1. The van der Waals surface area contributed by atoms with Gasteiger partial charge in [-0.25, -0.2) is 0 Å². The van der Waals surface area contributed by atoms with Gasteiger partial charge in [0.25, 0.3) is 6.71 Å². The van der Waals surface area contributed by atoms with Crippen molar-refractivity contribution in [3.05, 3.63) is 230 Å². The molecular formula is C61H40B2N2OS2. The van der Waals surface area contributed by atoms with Crippen LogP contribution in [0.3, 0.4) is 0 Å². The van der Waals surface area contributed by atoms with Crippen LogP contribution in [0.2, 0.25) is 0 Å². The van der Waals surface area contributed by atoms with E-state index in [-0.39, 0.29) is 13.4 Å². The molecule has 0 aromatic heterocycles. The lowest BCUT2D eigenvalue weighted by molar-refractivity contribution is 0.488. The van der Waals surface area contributed by atoms with Gasteiger partial charge in [-0.15, -0.1) is 0 Å². The standard InChI is InChI=1S/C61H40B2N2OS2/c1-39-29-31-41(32-30-39)46-23-11-14-26-51(46)65-52-38-57-50(37-49(52)62-47-24-12-15-27-54(47)66-55-34-42(33-53(65)60(55)62)40-17-5-2-6-18-40)63-48-25-13-16-28-56(48)67-58-35-45(36-59(68-57)61(58)63)64(43-19-7-3-8-20-43)44-21-9-4-10-22-44/h2-38H,1H3. The molecule has 0 atom stereocenters. The van der Waals surface area contributed by atoms with Gasteiger partial charge in [0.1, 0.15) is 11.5 Å². The number of hydrogen-bond donors (Lipinski definition) is 0. The summed E-state index contributed by atoms with van der Waals surface area (Å²) in [6.07, 6.45) is 0. The largest absolute Gasteiger partial charge is 0.458 e. The van der Waals surface area contributed by atoms with Crippen molar-refractivity contribution in [3.63, 3.8) is 0 Å². The maximum atomic E-state index is 7.04. The summed E-state index contributed by atoms with van der Waals surface area (Å²) >= 11 is 3.83. The summed E-state index contributed by atoms with van der Waals surface area (Å²) in [7, 11) is 0. The molecule has 318 valence electrons. The third-order valence-corrected chi connectivity index (χ3v) is 16.4. The minimum absolute atomic E-state index is 0.0513. The smallest absolute Gasteiger partial charge is 0.256 e. The van der Waals surface area contributed by atoms with Crippen LogP contribution in [0.15, 0.2) is 244 Å². The molecule has 4 heterocycles. The van der Waals surface area contributed by atoms with Crippen molar-refractivity contribution < 1.29 is 4.74 Å². The topological polar surface area (TPSA) is 15.7 Å². The predicted molar refractivity (Wildman–Crippen MR) is 288 cm³/mol. The summed E-state index contributed by atoms with van der Waals surface area (Å²) in [5, 5.41) is 0. The highest BCUT2D eigenvalue weighted by Gasteiger charge is 2.46. The van der Waals surface area contributed by atoms with Crippen LogP contribution in [0.5, 0.6) is 11.5 Å². The summed E-state index contributed by atoms with van der Waals surface area (Å²) in [5.74, 6) is 1.82. The normalized spacial score (nSPS) is 13.3. The number of benzene rings is 10. The van der Waals surface area contributed by atoms with Crippen LogP contribution in [-0.2, 0) is 0 Å². The minimum atomic E-state index is -0.0513. The molecular weight excluding hydrogens is 862 g/mol. The maximum absolute atomic E-state index is 7.04. The number of hydrogen-bond acceptors (Lipinski definition) is 5. The Labute approximate surface area is 406 Å². The summed E-state index contributed by atoms with van der Waals surface area (Å²) in [6, 6.07) is 82.6. The highest BCUT2D eigenvalue weighted by molar-refractivity contribution is 8.01. The fourth-order valence-corrected chi connectivity index (χ4v) is 13.5. The molecule has 68 heavy (non-hydrogen) atoms. The molecule has 0 spiro atoms. The zero-order chi connectivity index (χ0) is 44.9. The molecule has 3 nitrogen and oxygen atoms in total. The first-order valence-corrected chi connectivity index (χ1v) is 24.9. The number of nitrogens with zero attached hydrogens (tertiary/aromatic N) is 2. The van der Waals surface area contributed by atoms with Gasteiger partial charge in [0.2, 0.25) is 6.71 Å². The van der Waals surface area contributed by atoms with E-state index in [1.807, 2.05) is 23.5 Å². The third kappa shape index (κ3) is 6.26. The second kappa shape index (κ2) is 15.8. The van der Waals surface area contributed by atoms with Crippen molar-refractivity contribution in [2.45, 2.75) is 26.5 Å². The number of fused-ring (bicyclic) bond motifs is 8. The molecule has 10 aromatic rings. The molecule has 0 aliphatic carbocycles. The van der Waals surface area contributed by atoms with E-state index in [0.717, 1.165) is 51.1 Å². The number of para-hydroxylation sites is 4. The van der Waals surface area contributed by atoms with E-state index < -0.39 is 0 Å². The Morgan fingerprint density at radius 3 is 1.75 bits per heavy atom. The first kappa shape index (κ1) is 39.6. The number of rotatable bonds is 6. The fraction of sp³-hybridized carbons (Fsp3) is 0.0164. The van der Waals surface area contributed by atoms with E-state index in [9.17, 15) is 0 Å². The average Bonchev–Trinajstić information content (AvgIpc) is 3.39. The van der Waals surface area contributed by atoms with Gasteiger partial charge < -0.3 is 14.5 Å². The van der Waals surface area contributed by atoms with Crippen LogP contribution < -0.4 is 47.3 Å². The van der Waals surface area contributed by atoms with Crippen molar-refractivity contribution in [2.24, 2.45) is 0 Å². The van der Waals surface area contributed by atoms with Gasteiger partial charge in [-0.05, 0) is 118 Å². The summed E-state index contributed by atoms with van der Waals surface area (Å²) in [4.78, 5) is 10.1. The van der Waals surface area contributed by atoms with Crippen molar-refractivity contribution in [1.29, 1.82) is 0 Å². The van der Waals surface area contributed by atoms with Crippen LogP contribution in [0.4, 0.5) is 34.1 Å². The molecule has 14 rings (SSSR count). The highest BCUT2D eigenvalue weighted by atomic mass is 32.2. The second-order valence-electron chi connectivity index (χ2n) is 18.1. The van der Waals surface area contributed by atoms with Gasteiger partial charge in [0, 0.05) is 53.6 Å². The number of aryl methyl sites for hydroxylation is 1. The molecule has 0 saturated carbocycles. The fourth-order valence-electron chi connectivity index (χ4n) is 11.1. The monoisotopic (exact) mass is 902 g/mol. The van der Waals surface area contributed by atoms with E-state index in [1.165, 1.54) is 74.7 Å². The Morgan fingerprint density at radius 2 is 1.00 bits per heavy atom. The predicted octanol–water partition coefficient (Wildman–Crippen LogP) is 12.6. The number of anilines is 6. The van der Waals surface area contributed by atoms with Gasteiger partial charge in [-0.3, -0.25) is 0 Å². The lowest BCUT2D eigenvalue weighted by Crippen LogP contribution is -2.63. The van der Waals surface area contributed by atoms with Gasteiger partial charge in [0.15, 0.2) is 0 Å². The van der Waals surface area contributed by atoms with Crippen LogP contribution in [0.25, 0.3) is 22.3 Å². The Hall–Kier alpha value is -7.57.